The smallest absolute Gasteiger partial charge is 0.0998 e. The van der Waals surface area contributed by atoms with Crippen LogP contribution in [0.15, 0.2) is 176 Å². The van der Waals surface area contributed by atoms with E-state index in [0.717, 1.165) is 61.0 Å². The summed E-state index contributed by atoms with van der Waals surface area (Å²) in [5, 5.41) is 27.0. The van der Waals surface area contributed by atoms with Crippen LogP contribution in [-0.2, 0) is 0 Å². The molecule has 8 aromatic carbocycles. The van der Waals surface area contributed by atoms with Crippen LogP contribution >= 0.6 is 0 Å². The Hall–Kier alpha value is -7.86. The van der Waals surface area contributed by atoms with Crippen LogP contribution < -0.4 is 0 Å². The van der Waals surface area contributed by atoms with Crippen LogP contribution in [0.5, 0.6) is 0 Å². The minimum absolute atomic E-state index is 0.568. The summed E-state index contributed by atoms with van der Waals surface area (Å²) in [7, 11) is 0. The normalized spacial score (nSPS) is 11.6. The highest BCUT2D eigenvalue weighted by Gasteiger charge is 2.20. The van der Waals surface area contributed by atoms with Gasteiger partial charge in [-0.1, -0.05) is 97.1 Å². The maximum Gasteiger partial charge on any atom is 0.0998 e. The van der Waals surface area contributed by atoms with Gasteiger partial charge in [0.2, 0.25) is 0 Å². The third-order valence-corrected chi connectivity index (χ3v) is 11.1. The van der Waals surface area contributed by atoms with E-state index in [1.807, 2.05) is 42.5 Å². The van der Waals surface area contributed by atoms with Crippen LogP contribution in [0.1, 0.15) is 11.1 Å². The van der Waals surface area contributed by atoms with Crippen molar-refractivity contribution >= 4 is 65.4 Å². The van der Waals surface area contributed by atoms with Gasteiger partial charge in [0, 0.05) is 43.7 Å². The lowest BCUT2D eigenvalue weighted by Crippen LogP contribution is -1.97. The number of nitrogens with zero attached hydrogens (tertiary/aromatic N) is 5. The number of para-hydroxylation sites is 4. The summed E-state index contributed by atoms with van der Waals surface area (Å²) in [6.07, 6.45) is 0. The van der Waals surface area contributed by atoms with Gasteiger partial charge in [0.25, 0.3) is 0 Å². The lowest BCUT2D eigenvalue weighted by molar-refractivity contribution is 1.17. The number of benzene rings is 8. The van der Waals surface area contributed by atoms with Crippen molar-refractivity contribution in [3.05, 3.63) is 187 Å². The van der Waals surface area contributed by atoms with Gasteiger partial charge in [-0.2, -0.15) is 10.5 Å². The van der Waals surface area contributed by atoms with Gasteiger partial charge in [-0.25, -0.2) is 0 Å². The van der Waals surface area contributed by atoms with E-state index in [2.05, 4.69) is 159 Å². The summed E-state index contributed by atoms with van der Waals surface area (Å²) >= 11 is 0. The van der Waals surface area contributed by atoms with Gasteiger partial charge in [-0.15, -0.1) is 0 Å². The van der Waals surface area contributed by atoms with Gasteiger partial charge in [0.05, 0.1) is 62.1 Å². The first-order chi connectivity index (χ1) is 27.2. The predicted molar refractivity (Wildman–Crippen MR) is 224 cm³/mol. The quantitative estimate of drug-likeness (QED) is 0.184. The lowest BCUT2D eigenvalue weighted by atomic mass is 10.0. The number of rotatable bonds is 4. The average Bonchev–Trinajstić information content (AvgIpc) is 3.89. The number of nitriles is 2. The lowest BCUT2D eigenvalue weighted by Gasteiger charge is -2.13. The highest BCUT2D eigenvalue weighted by molar-refractivity contribution is 6.16. The second kappa shape index (κ2) is 11.8. The molecule has 0 saturated heterocycles. The van der Waals surface area contributed by atoms with Crippen LogP contribution in [0.3, 0.4) is 0 Å². The van der Waals surface area contributed by atoms with E-state index in [1.54, 1.807) is 0 Å². The van der Waals surface area contributed by atoms with Gasteiger partial charge in [0.1, 0.15) is 0 Å². The molecule has 55 heavy (non-hydrogen) atoms. The minimum Gasteiger partial charge on any atom is -0.309 e. The number of hydrogen-bond acceptors (Lipinski definition) is 2. The zero-order chi connectivity index (χ0) is 36.6. The highest BCUT2D eigenvalue weighted by Crippen LogP contribution is 2.41. The molecule has 0 N–H and O–H groups in total. The predicted octanol–water partition coefficient (Wildman–Crippen LogP) is 12.4. The number of aromatic nitrogens is 3. The largest absolute Gasteiger partial charge is 0.309 e. The molecule has 0 saturated carbocycles. The van der Waals surface area contributed by atoms with Crippen LogP contribution in [-0.4, -0.2) is 13.7 Å². The molecule has 0 spiro atoms. The average molecular weight is 700 g/mol. The summed E-state index contributed by atoms with van der Waals surface area (Å²) in [4.78, 5) is 0. The fourth-order valence-electron chi connectivity index (χ4n) is 8.81. The van der Waals surface area contributed by atoms with Crippen LogP contribution in [0.25, 0.3) is 93.6 Å². The maximum absolute atomic E-state index is 10.2. The third-order valence-electron chi connectivity index (χ3n) is 11.1. The summed E-state index contributed by atoms with van der Waals surface area (Å²) < 4.78 is 6.93. The van der Waals surface area contributed by atoms with Crippen molar-refractivity contribution in [3.8, 4) is 40.3 Å². The van der Waals surface area contributed by atoms with Gasteiger partial charge in [0.15, 0.2) is 0 Å². The van der Waals surface area contributed by atoms with Crippen molar-refractivity contribution in [2.45, 2.75) is 0 Å². The van der Waals surface area contributed by atoms with Crippen LogP contribution in [0.4, 0.5) is 0 Å². The summed E-state index contributed by atoms with van der Waals surface area (Å²) in [5.74, 6) is 0. The molecule has 0 radical (unpaired) electrons. The van der Waals surface area contributed by atoms with Crippen molar-refractivity contribution in [1.82, 2.24) is 13.7 Å². The molecule has 0 amide bonds. The van der Waals surface area contributed by atoms with Gasteiger partial charge in [-0.05, 0) is 90.0 Å². The van der Waals surface area contributed by atoms with Gasteiger partial charge < -0.3 is 13.7 Å². The molecule has 0 atom stereocenters. The maximum atomic E-state index is 10.2. The van der Waals surface area contributed by atoms with Crippen molar-refractivity contribution in [2.24, 2.45) is 0 Å². The molecule has 254 valence electrons. The number of fused-ring (bicyclic) bond motifs is 9. The van der Waals surface area contributed by atoms with Crippen LogP contribution in [0, 0.1) is 22.7 Å². The van der Waals surface area contributed by atoms with Crippen LogP contribution in [0.2, 0.25) is 0 Å². The standard InChI is InChI=1S/C50H29N5/c51-30-32-27-35(29-37(28-32)54-44-18-7-3-14-40(44)49-34(31-52)11-9-20-46(49)54)33-23-25-36(26-24-33)53-45-19-8-4-15-41(45)50-47(53)21-10-22-48(50)55-42-16-5-1-12-38(42)39-13-2-6-17-43(39)55/h1-29H. The summed E-state index contributed by atoms with van der Waals surface area (Å²) in [6, 6.07) is 66.0. The molecule has 3 heterocycles. The molecular formula is C50H29N5. The number of hydrogen-bond donors (Lipinski definition) is 0. The fourth-order valence-corrected chi connectivity index (χ4v) is 8.81. The zero-order valence-corrected chi connectivity index (χ0v) is 29.5. The Kier molecular flexibility index (Phi) is 6.61. The molecule has 0 aliphatic rings. The van der Waals surface area contributed by atoms with E-state index in [0.29, 0.717) is 11.1 Å². The van der Waals surface area contributed by atoms with E-state index in [-0.39, 0.29) is 0 Å². The highest BCUT2D eigenvalue weighted by atomic mass is 15.0. The van der Waals surface area contributed by atoms with E-state index >= 15 is 0 Å². The molecule has 0 aliphatic heterocycles. The first kappa shape index (κ1) is 30.7. The van der Waals surface area contributed by atoms with Gasteiger partial charge in [-0.3, -0.25) is 0 Å². The Morgan fingerprint density at radius 2 is 0.855 bits per heavy atom. The Labute approximate surface area is 316 Å². The van der Waals surface area contributed by atoms with E-state index < -0.39 is 0 Å². The second-order valence-corrected chi connectivity index (χ2v) is 14.0. The van der Waals surface area contributed by atoms with Crippen molar-refractivity contribution in [3.63, 3.8) is 0 Å². The molecule has 5 heteroatoms. The molecule has 11 rings (SSSR count). The second-order valence-electron chi connectivity index (χ2n) is 14.0. The summed E-state index contributed by atoms with van der Waals surface area (Å²) in [6.45, 7) is 0. The Balaban J connectivity index is 1.08. The molecule has 11 aromatic rings. The third kappa shape index (κ3) is 4.45. The first-order valence-electron chi connectivity index (χ1n) is 18.3. The summed E-state index contributed by atoms with van der Waals surface area (Å²) in [5.41, 5.74) is 12.8. The topological polar surface area (TPSA) is 62.4 Å². The molecule has 5 nitrogen and oxygen atoms in total. The SMILES string of the molecule is N#Cc1cc(-c2ccc(-n3c4ccccc4c4c(-n5c6ccccc6c6ccccc65)cccc43)cc2)cc(-n2c3ccccc3c3c(C#N)cccc32)c1. The van der Waals surface area contributed by atoms with Crippen molar-refractivity contribution in [1.29, 1.82) is 10.5 Å². The van der Waals surface area contributed by atoms with Gasteiger partial charge >= 0.3 is 0 Å². The molecular weight excluding hydrogens is 671 g/mol. The monoisotopic (exact) mass is 699 g/mol. The molecule has 0 aliphatic carbocycles. The fraction of sp³-hybridized carbons (Fsp3) is 0. The Morgan fingerprint density at radius 1 is 0.345 bits per heavy atom. The molecule has 0 unspecified atom stereocenters. The first-order valence-corrected chi connectivity index (χ1v) is 18.3. The van der Waals surface area contributed by atoms with E-state index in [1.165, 1.54) is 32.6 Å². The van der Waals surface area contributed by atoms with Crippen molar-refractivity contribution < 1.29 is 0 Å². The zero-order valence-electron chi connectivity index (χ0n) is 29.5. The molecule has 0 bridgehead atoms. The van der Waals surface area contributed by atoms with Crippen molar-refractivity contribution in [2.75, 3.05) is 0 Å². The molecule has 3 aromatic heterocycles. The minimum atomic E-state index is 0.568. The Morgan fingerprint density at radius 3 is 1.47 bits per heavy atom. The molecule has 0 fully saturated rings. The van der Waals surface area contributed by atoms with E-state index in [9.17, 15) is 10.5 Å². The van der Waals surface area contributed by atoms with E-state index in [4.69, 9.17) is 0 Å². The Bertz CT molecular complexity index is 3400.